The standard InChI is InChI=1S/C6H6N4S/c7-6-9-5(4-11-6)10-3-1-2-8-10/h1-4H,(H2,7,9). The van der Waals surface area contributed by atoms with E-state index in [0.717, 1.165) is 5.82 Å². The third-order valence-electron chi connectivity index (χ3n) is 1.25. The highest BCUT2D eigenvalue weighted by Crippen LogP contribution is 2.13. The van der Waals surface area contributed by atoms with Crippen molar-refractivity contribution in [1.82, 2.24) is 14.8 Å². The number of hydrogen-bond acceptors (Lipinski definition) is 4. The molecule has 2 N–H and O–H groups in total. The molecule has 0 aromatic carbocycles. The van der Waals surface area contributed by atoms with Gasteiger partial charge in [-0.15, -0.1) is 11.3 Å². The number of nitrogens with two attached hydrogens (primary N) is 1. The van der Waals surface area contributed by atoms with Crippen LogP contribution in [0.3, 0.4) is 0 Å². The molecule has 2 aromatic rings. The Labute approximate surface area is 67.3 Å². The van der Waals surface area contributed by atoms with Crippen molar-refractivity contribution in [3.63, 3.8) is 0 Å². The van der Waals surface area contributed by atoms with Gasteiger partial charge >= 0.3 is 0 Å². The van der Waals surface area contributed by atoms with Gasteiger partial charge in [0.05, 0.1) is 0 Å². The third kappa shape index (κ3) is 1.10. The zero-order chi connectivity index (χ0) is 7.68. The molecule has 4 nitrogen and oxygen atoms in total. The van der Waals surface area contributed by atoms with Crippen molar-refractivity contribution in [1.29, 1.82) is 0 Å². The molecule has 0 bridgehead atoms. The molecule has 11 heavy (non-hydrogen) atoms. The summed E-state index contributed by atoms with van der Waals surface area (Å²) in [6.07, 6.45) is 3.53. The number of rotatable bonds is 1. The molecule has 0 saturated heterocycles. The normalized spacial score (nSPS) is 10.2. The minimum Gasteiger partial charge on any atom is -0.375 e. The van der Waals surface area contributed by atoms with E-state index in [1.807, 2.05) is 17.6 Å². The van der Waals surface area contributed by atoms with Gasteiger partial charge in [0, 0.05) is 17.8 Å². The van der Waals surface area contributed by atoms with Crippen molar-refractivity contribution in [2.75, 3.05) is 5.73 Å². The highest BCUT2D eigenvalue weighted by Gasteiger charge is 1.98. The maximum atomic E-state index is 5.45. The van der Waals surface area contributed by atoms with E-state index in [0.29, 0.717) is 5.13 Å². The van der Waals surface area contributed by atoms with Gasteiger partial charge in [-0.3, -0.25) is 0 Å². The summed E-state index contributed by atoms with van der Waals surface area (Å²) < 4.78 is 1.67. The number of hydrogen-bond donors (Lipinski definition) is 1. The maximum absolute atomic E-state index is 5.45. The van der Waals surface area contributed by atoms with Crippen LogP contribution in [0.1, 0.15) is 0 Å². The molecular weight excluding hydrogens is 160 g/mol. The Morgan fingerprint density at radius 1 is 1.55 bits per heavy atom. The fraction of sp³-hybridized carbons (Fsp3) is 0. The van der Waals surface area contributed by atoms with Crippen LogP contribution < -0.4 is 5.73 Å². The lowest BCUT2D eigenvalue weighted by atomic mass is 10.7. The molecule has 2 heterocycles. The minimum absolute atomic E-state index is 0.565. The van der Waals surface area contributed by atoms with Gasteiger partial charge in [-0.1, -0.05) is 0 Å². The van der Waals surface area contributed by atoms with E-state index in [9.17, 15) is 0 Å². The highest BCUT2D eigenvalue weighted by molar-refractivity contribution is 7.13. The van der Waals surface area contributed by atoms with E-state index >= 15 is 0 Å². The van der Waals surface area contributed by atoms with Crippen LogP contribution >= 0.6 is 11.3 Å². The second kappa shape index (κ2) is 2.35. The van der Waals surface area contributed by atoms with Crippen LogP contribution in [0.15, 0.2) is 23.8 Å². The fourth-order valence-electron chi connectivity index (χ4n) is 0.788. The lowest BCUT2D eigenvalue weighted by molar-refractivity contribution is 0.856. The summed E-state index contributed by atoms with van der Waals surface area (Å²) in [7, 11) is 0. The van der Waals surface area contributed by atoms with Gasteiger partial charge in [0.2, 0.25) is 0 Å². The quantitative estimate of drug-likeness (QED) is 0.685. The predicted octanol–water partition coefficient (Wildman–Crippen LogP) is 0.911. The van der Waals surface area contributed by atoms with Crippen LogP contribution in [-0.2, 0) is 0 Å². The molecule has 0 radical (unpaired) electrons. The number of anilines is 1. The van der Waals surface area contributed by atoms with Crippen LogP contribution in [-0.4, -0.2) is 14.8 Å². The summed E-state index contributed by atoms with van der Waals surface area (Å²) in [6, 6.07) is 1.84. The van der Waals surface area contributed by atoms with Crippen molar-refractivity contribution in [2.45, 2.75) is 0 Å². The first-order chi connectivity index (χ1) is 5.36. The zero-order valence-electron chi connectivity index (χ0n) is 5.64. The summed E-state index contributed by atoms with van der Waals surface area (Å²) in [5.41, 5.74) is 5.45. The van der Waals surface area contributed by atoms with E-state index in [1.165, 1.54) is 11.3 Å². The molecule has 56 valence electrons. The second-order valence-electron chi connectivity index (χ2n) is 1.99. The van der Waals surface area contributed by atoms with Gasteiger partial charge in [-0.2, -0.15) is 5.10 Å². The largest absolute Gasteiger partial charge is 0.375 e. The third-order valence-corrected chi connectivity index (χ3v) is 1.91. The molecule has 0 saturated carbocycles. The van der Waals surface area contributed by atoms with Gasteiger partial charge in [0.15, 0.2) is 10.9 Å². The Morgan fingerprint density at radius 3 is 3.00 bits per heavy atom. The molecule has 0 amide bonds. The van der Waals surface area contributed by atoms with Crippen LogP contribution in [0.5, 0.6) is 0 Å². The average molecular weight is 166 g/mol. The molecule has 0 aliphatic rings. The molecule has 0 aliphatic heterocycles. The summed E-state index contributed by atoms with van der Waals surface area (Å²) in [5.74, 6) is 0.775. The van der Waals surface area contributed by atoms with Crippen molar-refractivity contribution in [3.05, 3.63) is 23.8 Å². The Kier molecular flexibility index (Phi) is 1.36. The first-order valence-corrected chi connectivity index (χ1v) is 3.95. The maximum Gasteiger partial charge on any atom is 0.182 e. The molecule has 0 fully saturated rings. The molecule has 0 spiro atoms. The van der Waals surface area contributed by atoms with E-state index in [-0.39, 0.29) is 0 Å². The van der Waals surface area contributed by atoms with Gasteiger partial charge < -0.3 is 5.73 Å². The monoisotopic (exact) mass is 166 g/mol. The fourth-order valence-corrected chi connectivity index (χ4v) is 1.32. The number of aromatic nitrogens is 3. The Bertz CT molecular complexity index is 337. The topological polar surface area (TPSA) is 56.7 Å². The van der Waals surface area contributed by atoms with Crippen LogP contribution in [0.4, 0.5) is 5.13 Å². The van der Waals surface area contributed by atoms with E-state index in [4.69, 9.17) is 5.73 Å². The molecule has 2 aromatic heterocycles. The van der Waals surface area contributed by atoms with Gasteiger partial charge in [-0.05, 0) is 6.07 Å². The predicted molar refractivity (Wildman–Crippen MR) is 43.6 cm³/mol. The lowest BCUT2D eigenvalue weighted by Crippen LogP contribution is -1.94. The zero-order valence-corrected chi connectivity index (χ0v) is 6.45. The van der Waals surface area contributed by atoms with E-state index in [2.05, 4.69) is 10.1 Å². The molecule has 0 atom stereocenters. The van der Waals surface area contributed by atoms with E-state index in [1.54, 1.807) is 10.9 Å². The molecular formula is C6H6N4S. The molecule has 0 aliphatic carbocycles. The van der Waals surface area contributed by atoms with Crippen molar-refractivity contribution < 1.29 is 0 Å². The van der Waals surface area contributed by atoms with Gasteiger partial charge in [0.1, 0.15) is 0 Å². The van der Waals surface area contributed by atoms with Gasteiger partial charge in [0.25, 0.3) is 0 Å². The first-order valence-electron chi connectivity index (χ1n) is 3.07. The Hall–Kier alpha value is -1.36. The van der Waals surface area contributed by atoms with Gasteiger partial charge in [-0.25, -0.2) is 9.67 Å². The number of nitrogen functional groups attached to an aromatic ring is 1. The smallest absolute Gasteiger partial charge is 0.182 e. The number of thiazole rings is 1. The lowest BCUT2D eigenvalue weighted by Gasteiger charge is -1.90. The SMILES string of the molecule is Nc1nc(-n2cccn2)cs1. The van der Waals surface area contributed by atoms with Crippen molar-refractivity contribution in [3.8, 4) is 5.82 Å². The molecule has 0 unspecified atom stereocenters. The van der Waals surface area contributed by atoms with Crippen LogP contribution in [0.2, 0.25) is 0 Å². The first kappa shape index (κ1) is 6.36. The molecule has 2 rings (SSSR count). The summed E-state index contributed by atoms with van der Waals surface area (Å²) >= 11 is 1.41. The number of nitrogens with zero attached hydrogens (tertiary/aromatic N) is 3. The average Bonchev–Trinajstić information content (AvgIpc) is 2.55. The van der Waals surface area contributed by atoms with Crippen LogP contribution in [0.25, 0.3) is 5.82 Å². The summed E-state index contributed by atoms with van der Waals surface area (Å²) in [4.78, 5) is 4.05. The van der Waals surface area contributed by atoms with Crippen molar-refractivity contribution in [2.24, 2.45) is 0 Å². The molecule has 5 heteroatoms. The van der Waals surface area contributed by atoms with E-state index < -0.39 is 0 Å². The highest BCUT2D eigenvalue weighted by atomic mass is 32.1. The van der Waals surface area contributed by atoms with Crippen molar-refractivity contribution >= 4 is 16.5 Å². The Morgan fingerprint density at radius 2 is 2.45 bits per heavy atom. The summed E-state index contributed by atoms with van der Waals surface area (Å²) in [6.45, 7) is 0. The summed E-state index contributed by atoms with van der Waals surface area (Å²) in [5, 5.41) is 6.43. The second-order valence-corrected chi connectivity index (χ2v) is 2.88. The van der Waals surface area contributed by atoms with Crippen LogP contribution in [0, 0.1) is 0 Å². The Balaban J connectivity index is 2.45. The minimum atomic E-state index is 0.565.